The van der Waals surface area contributed by atoms with Gasteiger partial charge in [-0.05, 0) is 65.7 Å². The minimum absolute atomic E-state index is 0.868. The van der Waals surface area contributed by atoms with Crippen LogP contribution in [0.15, 0.2) is 152 Å². The summed E-state index contributed by atoms with van der Waals surface area (Å²) >= 11 is 0. The standard InChI is InChI=1S/C43H27N3/c1-2-12-30-27(11-1)26-44-38-22-21-28(45-39-17-7-3-13-31(39)32-14-4-8-18-40(32)45)23-35(38)37-25-29(24-36(30)43(37)44)46-41-19-9-5-15-33(41)34-16-6-10-20-42(34)46/h1-25H,26H2. The van der Waals surface area contributed by atoms with Crippen LogP contribution in [-0.4, -0.2) is 13.7 Å². The lowest BCUT2D eigenvalue weighted by Gasteiger charge is -2.21. The molecule has 0 N–H and O–H groups in total. The van der Waals surface area contributed by atoms with Gasteiger partial charge in [0, 0.05) is 61.3 Å². The van der Waals surface area contributed by atoms with Crippen molar-refractivity contribution in [3.63, 3.8) is 0 Å². The van der Waals surface area contributed by atoms with Crippen LogP contribution in [0.4, 0.5) is 0 Å². The van der Waals surface area contributed by atoms with Gasteiger partial charge in [0.15, 0.2) is 0 Å². The van der Waals surface area contributed by atoms with E-state index in [9.17, 15) is 0 Å². The lowest BCUT2D eigenvalue weighted by atomic mass is 9.94. The molecule has 214 valence electrons. The van der Waals surface area contributed by atoms with Crippen molar-refractivity contribution in [3.8, 4) is 22.5 Å². The first-order valence-electron chi connectivity index (χ1n) is 16.0. The third-order valence-electron chi connectivity index (χ3n) is 10.2. The SMILES string of the molecule is c1ccc2c(c1)Cn1c3ccc(-n4c5ccccc5c5ccccc54)cc3c3cc(-n4c5ccccc5c5ccccc54)cc-2c31. The summed E-state index contributed by atoms with van der Waals surface area (Å²) in [4.78, 5) is 0. The quantitative estimate of drug-likeness (QED) is 0.192. The maximum Gasteiger partial charge on any atom is 0.0575 e. The molecule has 46 heavy (non-hydrogen) atoms. The van der Waals surface area contributed by atoms with Gasteiger partial charge in [0.2, 0.25) is 0 Å². The second kappa shape index (κ2) is 8.77. The number of fused-ring (bicyclic) bond motifs is 11. The Labute approximate surface area is 264 Å². The fraction of sp³-hybridized carbons (Fsp3) is 0.0233. The summed E-state index contributed by atoms with van der Waals surface area (Å²) in [5, 5.41) is 7.70. The van der Waals surface area contributed by atoms with Crippen LogP contribution in [0.2, 0.25) is 0 Å². The van der Waals surface area contributed by atoms with Crippen LogP contribution in [0.1, 0.15) is 5.56 Å². The number of para-hydroxylation sites is 4. The molecular weight excluding hydrogens is 558 g/mol. The summed E-state index contributed by atoms with van der Waals surface area (Å²) in [6, 6.07) is 56.0. The average Bonchev–Trinajstić information content (AvgIpc) is 3.74. The predicted octanol–water partition coefficient (Wildman–Crippen LogP) is 11.0. The molecule has 7 aromatic carbocycles. The lowest BCUT2D eigenvalue weighted by Crippen LogP contribution is -2.08. The Morgan fingerprint density at radius 3 is 1.46 bits per heavy atom. The van der Waals surface area contributed by atoms with Crippen LogP contribution in [0.25, 0.3) is 87.9 Å². The van der Waals surface area contributed by atoms with Crippen LogP contribution in [-0.2, 0) is 6.54 Å². The van der Waals surface area contributed by atoms with Crippen LogP contribution in [0, 0.1) is 0 Å². The Kier molecular flexibility index (Phi) is 4.63. The van der Waals surface area contributed by atoms with Crippen molar-refractivity contribution in [1.29, 1.82) is 0 Å². The third-order valence-corrected chi connectivity index (χ3v) is 10.2. The van der Waals surface area contributed by atoms with Gasteiger partial charge in [-0.15, -0.1) is 0 Å². The molecule has 0 saturated carbocycles. The minimum atomic E-state index is 0.868. The van der Waals surface area contributed by atoms with Gasteiger partial charge in [-0.3, -0.25) is 0 Å². The average molecular weight is 586 g/mol. The fourth-order valence-corrected chi connectivity index (χ4v) is 8.34. The van der Waals surface area contributed by atoms with Crippen molar-refractivity contribution < 1.29 is 0 Å². The van der Waals surface area contributed by atoms with E-state index in [4.69, 9.17) is 0 Å². The number of benzene rings is 7. The Morgan fingerprint density at radius 2 is 0.848 bits per heavy atom. The number of rotatable bonds is 2. The smallest absolute Gasteiger partial charge is 0.0575 e. The topological polar surface area (TPSA) is 14.8 Å². The Balaban J connectivity index is 1.28. The van der Waals surface area contributed by atoms with Crippen molar-refractivity contribution in [2.75, 3.05) is 0 Å². The van der Waals surface area contributed by atoms with E-state index >= 15 is 0 Å². The van der Waals surface area contributed by atoms with E-state index in [-0.39, 0.29) is 0 Å². The Morgan fingerprint density at radius 1 is 0.348 bits per heavy atom. The zero-order valence-electron chi connectivity index (χ0n) is 25.0. The second-order valence-electron chi connectivity index (χ2n) is 12.6. The maximum absolute atomic E-state index is 2.54. The number of hydrogen-bond acceptors (Lipinski definition) is 0. The van der Waals surface area contributed by atoms with E-state index in [1.807, 2.05) is 0 Å². The van der Waals surface area contributed by atoms with E-state index in [1.165, 1.54) is 93.5 Å². The number of nitrogens with zero attached hydrogens (tertiary/aromatic N) is 3. The summed E-state index contributed by atoms with van der Waals surface area (Å²) < 4.78 is 7.42. The number of aromatic nitrogens is 3. The molecule has 0 radical (unpaired) electrons. The highest BCUT2D eigenvalue weighted by molar-refractivity contribution is 6.17. The molecule has 0 fully saturated rings. The number of hydrogen-bond donors (Lipinski definition) is 0. The molecule has 0 bridgehead atoms. The molecule has 11 rings (SSSR count). The van der Waals surface area contributed by atoms with Crippen LogP contribution in [0.5, 0.6) is 0 Å². The maximum atomic E-state index is 2.54. The molecule has 3 nitrogen and oxygen atoms in total. The molecule has 1 aliphatic heterocycles. The predicted molar refractivity (Wildman–Crippen MR) is 193 cm³/mol. The van der Waals surface area contributed by atoms with Crippen LogP contribution in [0.3, 0.4) is 0 Å². The van der Waals surface area contributed by atoms with Gasteiger partial charge in [-0.2, -0.15) is 0 Å². The summed E-state index contributed by atoms with van der Waals surface area (Å²) in [5.41, 5.74) is 13.9. The van der Waals surface area contributed by atoms with Gasteiger partial charge < -0.3 is 13.7 Å². The van der Waals surface area contributed by atoms with Crippen molar-refractivity contribution in [3.05, 3.63) is 157 Å². The zero-order chi connectivity index (χ0) is 29.9. The molecule has 0 unspecified atom stereocenters. The van der Waals surface area contributed by atoms with E-state index < -0.39 is 0 Å². The highest BCUT2D eigenvalue weighted by Gasteiger charge is 2.25. The van der Waals surface area contributed by atoms with E-state index in [0.717, 1.165) is 6.54 Å². The third kappa shape index (κ3) is 3.07. The molecule has 0 spiro atoms. The van der Waals surface area contributed by atoms with Gasteiger partial charge in [0.05, 0.1) is 27.6 Å². The van der Waals surface area contributed by atoms with Gasteiger partial charge in [0.1, 0.15) is 0 Å². The zero-order valence-corrected chi connectivity index (χ0v) is 25.0. The van der Waals surface area contributed by atoms with Crippen LogP contribution >= 0.6 is 0 Å². The molecule has 3 aromatic heterocycles. The van der Waals surface area contributed by atoms with E-state index in [2.05, 4.69) is 165 Å². The molecule has 0 amide bonds. The molecular formula is C43H27N3. The van der Waals surface area contributed by atoms with Crippen molar-refractivity contribution in [2.45, 2.75) is 6.54 Å². The fourth-order valence-electron chi connectivity index (χ4n) is 8.34. The largest absolute Gasteiger partial charge is 0.335 e. The summed E-state index contributed by atoms with van der Waals surface area (Å²) in [7, 11) is 0. The Bertz CT molecular complexity index is 2790. The van der Waals surface area contributed by atoms with Gasteiger partial charge in [-0.1, -0.05) is 97.1 Å². The molecule has 0 saturated heterocycles. The van der Waals surface area contributed by atoms with E-state index in [1.54, 1.807) is 0 Å². The summed E-state index contributed by atoms with van der Waals surface area (Å²) in [6.07, 6.45) is 0. The van der Waals surface area contributed by atoms with Crippen LogP contribution < -0.4 is 0 Å². The van der Waals surface area contributed by atoms with E-state index in [0.29, 0.717) is 0 Å². The minimum Gasteiger partial charge on any atom is -0.335 e. The normalized spacial score (nSPS) is 12.7. The first kappa shape index (κ1) is 24.3. The highest BCUT2D eigenvalue weighted by atomic mass is 15.0. The summed E-state index contributed by atoms with van der Waals surface area (Å²) in [6.45, 7) is 0.868. The molecule has 0 atom stereocenters. The lowest BCUT2D eigenvalue weighted by molar-refractivity contribution is 0.860. The monoisotopic (exact) mass is 585 g/mol. The van der Waals surface area contributed by atoms with Gasteiger partial charge >= 0.3 is 0 Å². The second-order valence-corrected chi connectivity index (χ2v) is 12.6. The van der Waals surface area contributed by atoms with Crippen molar-refractivity contribution in [1.82, 2.24) is 13.7 Å². The van der Waals surface area contributed by atoms with Crippen molar-refractivity contribution >= 4 is 65.4 Å². The Hall–Kier alpha value is -6.06. The first-order chi connectivity index (χ1) is 22.8. The molecule has 10 aromatic rings. The molecule has 0 aliphatic carbocycles. The highest BCUT2D eigenvalue weighted by Crippen LogP contribution is 2.45. The van der Waals surface area contributed by atoms with Gasteiger partial charge in [-0.25, -0.2) is 0 Å². The molecule has 1 aliphatic rings. The first-order valence-corrected chi connectivity index (χ1v) is 16.0. The molecule has 3 heteroatoms. The summed E-state index contributed by atoms with van der Waals surface area (Å²) in [5.74, 6) is 0. The molecule has 4 heterocycles. The van der Waals surface area contributed by atoms with Crippen molar-refractivity contribution in [2.24, 2.45) is 0 Å². The van der Waals surface area contributed by atoms with Gasteiger partial charge in [0.25, 0.3) is 0 Å².